The van der Waals surface area contributed by atoms with Gasteiger partial charge in [0.15, 0.2) is 6.17 Å². The fourth-order valence-electron chi connectivity index (χ4n) is 1.96. The first-order chi connectivity index (χ1) is 8.74. The summed E-state index contributed by atoms with van der Waals surface area (Å²) in [5.41, 5.74) is 3.00. The fraction of sp³-hybridized carbons (Fsp3) is 0.231. The van der Waals surface area contributed by atoms with Gasteiger partial charge in [0.25, 0.3) is 5.96 Å². The van der Waals surface area contributed by atoms with Crippen LogP contribution in [0.4, 0.5) is 0 Å². The molecular weight excluding hydrogens is 226 g/mol. The Kier molecular flexibility index (Phi) is 2.51. The molecule has 1 aromatic heterocycles. The van der Waals surface area contributed by atoms with Gasteiger partial charge in [-0.15, -0.1) is 5.11 Å². The molecule has 18 heavy (non-hydrogen) atoms. The highest BCUT2D eigenvalue weighted by Gasteiger charge is 2.18. The van der Waals surface area contributed by atoms with E-state index in [1.807, 2.05) is 50.2 Å². The normalized spacial score (nSPS) is 18.1. The van der Waals surface area contributed by atoms with Crippen molar-refractivity contribution in [2.45, 2.75) is 20.0 Å². The molecule has 1 aliphatic heterocycles. The molecule has 1 aromatic carbocycles. The lowest BCUT2D eigenvalue weighted by Crippen LogP contribution is -2.11. The summed E-state index contributed by atoms with van der Waals surface area (Å²) in [6.45, 7) is 3.93. The maximum Gasteiger partial charge on any atom is 0.267 e. The van der Waals surface area contributed by atoms with Crippen LogP contribution in [0.15, 0.2) is 51.6 Å². The summed E-state index contributed by atoms with van der Waals surface area (Å²) >= 11 is 0. The maximum atomic E-state index is 4.49. The maximum absolute atomic E-state index is 4.49. The van der Waals surface area contributed by atoms with Gasteiger partial charge in [0.05, 0.1) is 5.69 Å². The number of rotatable bonds is 1. The van der Waals surface area contributed by atoms with Crippen LogP contribution < -0.4 is 0 Å². The van der Waals surface area contributed by atoms with Crippen molar-refractivity contribution in [1.82, 2.24) is 9.78 Å². The molecule has 5 nitrogen and oxygen atoms in total. The predicted octanol–water partition coefficient (Wildman–Crippen LogP) is 2.87. The van der Waals surface area contributed by atoms with Crippen LogP contribution in [-0.4, -0.2) is 15.7 Å². The molecule has 90 valence electrons. The van der Waals surface area contributed by atoms with Crippen LogP contribution in [-0.2, 0) is 0 Å². The second-order valence-electron chi connectivity index (χ2n) is 4.27. The molecule has 0 saturated heterocycles. The molecule has 1 aliphatic rings. The summed E-state index contributed by atoms with van der Waals surface area (Å²) in [7, 11) is 0. The summed E-state index contributed by atoms with van der Waals surface area (Å²) in [4.78, 5) is 4.49. The standard InChI is InChI=1S/C13H13N5/c1-9-8-10(2)18(17-9)13-14-12(15-16-13)11-6-4-3-5-7-11/h3-8,12H,1-2H3. The quantitative estimate of drug-likeness (QED) is 0.754. The molecule has 0 spiro atoms. The van der Waals surface area contributed by atoms with Gasteiger partial charge >= 0.3 is 0 Å². The third-order valence-electron chi connectivity index (χ3n) is 2.79. The van der Waals surface area contributed by atoms with Crippen LogP contribution in [0.2, 0.25) is 0 Å². The first-order valence-electron chi connectivity index (χ1n) is 5.81. The van der Waals surface area contributed by atoms with Crippen LogP contribution in [0.5, 0.6) is 0 Å². The summed E-state index contributed by atoms with van der Waals surface area (Å²) in [5, 5.41) is 12.6. The van der Waals surface area contributed by atoms with Crippen LogP contribution in [0.1, 0.15) is 23.1 Å². The molecule has 0 amide bonds. The minimum Gasteiger partial charge on any atom is -0.214 e. The average molecular weight is 239 g/mol. The molecule has 0 saturated carbocycles. The van der Waals surface area contributed by atoms with Crippen LogP contribution in [0.3, 0.4) is 0 Å². The van der Waals surface area contributed by atoms with Crippen molar-refractivity contribution in [2.24, 2.45) is 15.2 Å². The summed E-state index contributed by atoms with van der Waals surface area (Å²) in [6.07, 6.45) is -0.245. The van der Waals surface area contributed by atoms with Gasteiger partial charge in [0.1, 0.15) is 0 Å². The monoisotopic (exact) mass is 239 g/mol. The fourth-order valence-corrected chi connectivity index (χ4v) is 1.96. The Morgan fingerprint density at radius 1 is 1.11 bits per heavy atom. The third kappa shape index (κ3) is 1.84. The molecule has 5 heteroatoms. The average Bonchev–Trinajstić information content (AvgIpc) is 2.97. The Balaban J connectivity index is 1.94. The molecule has 0 bridgehead atoms. The zero-order valence-electron chi connectivity index (χ0n) is 10.3. The number of hydrogen-bond acceptors (Lipinski definition) is 4. The van der Waals surface area contributed by atoms with Gasteiger partial charge in [-0.05, 0) is 19.9 Å². The van der Waals surface area contributed by atoms with E-state index in [-0.39, 0.29) is 6.17 Å². The second kappa shape index (κ2) is 4.18. The highest BCUT2D eigenvalue weighted by Crippen LogP contribution is 2.24. The van der Waals surface area contributed by atoms with Crippen LogP contribution in [0, 0.1) is 13.8 Å². The molecule has 1 unspecified atom stereocenters. The van der Waals surface area contributed by atoms with E-state index in [0.29, 0.717) is 5.96 Å². The zero-order chi connectivity index (χ0) is 12.5. The molecule has 2 aromatic rings. The highest BCUT2D eigenvalue weighted by atomic mass is 15.4. The van der Waals surface area contributed by atoms with Crippen molar-refractivity contribution in [1.29, 1.82) is 0 Å². The number of aliphatic imine (C=N–C) groups is 1. The molecule has 1 atom stereocenters. The molecular formula is C13H13N5. The number of hydrogen-bond donors (Lipinski definition) is 0. The van der Waals surface area contributed by atoms with Gasteiger partial charge in [-0.1, -0.05) is 30.3 Å². The van der Waals surface area contributed by atoms with Crippen LogP contribution in [0.25, 0.3) is 0 Å². The topological polar surface area (TPSA) is 54.9 Å². The second-order valence-corrected chi connectivity index (χ2v) is 4.27. The minimum absolute atomic E-state index is 0.245. The number of azo groups is 1. The molecule has 2 heterocycles. The molecule has 3 rings (SSSR count). The number of aromatic nitrogens is 2. The number of nitrogens with zero attached hydrogens (tertiary/aromatic N) is 5. The summed E-state index contributed by atoms with van der Waals surface area (Å²) in [6, 6.07) is 11.9. The van der Waals surface area contributed by atoms with Gasteiger partial charge in [0, 0.05) is 11.3 Å². The van der Waals surface area contributed by atoms with Crippen molar-refractivity contribution < 1.29 is 0 Å². The van der Waals surface area contributed by atoms with Crippen molar-refractivity contribution in [2.75, 3.05) is 0 Å². The molecule has 0 N–H and O–H groups in total. The predicted molar refractivity (Wildman–Crippen MR) is 68.6 cm³/mol. The van der Waals surface area contributed by atoms with Crippen molar-refractivity contribution in [3.05, 3.63) is 53.3 Å². The van der Waals surface area contributed by atoms with E-state index < -0.39 is 0 Å². The van der Waals surface area contributed by atoms with E-state index in [2.05, 4.69) is 20.3 Å². The van der Waals surface area contributed by atoms with E-state index >= 15 is 0 Å². The number of benzene rings is 1. The number of aryl methyl sites for hydroxylation is 2. The Morgan fingerprint density at radius 2 is 1.89 bits per heavy atom. The van der Waals surface area contributed by atoms with Crippen molar-refractivity contribution in [3.8, 4) is 0 Å². The van der Waals surface area contributed by atoms with E-state index in [4.69, 9.17) is 0 Å². The van der Waals surface area contributed by atoms with Gasteiger partial charge in [-0.2, -0.15) is 10.2 Å². The first kappa shape index (κ1) is 10.8. The first-order valence-corrected chi connectivity index (χ1v) is 5.81. The zero-order valence-corrected chi connectivity index (χ0v) is 10.3. The Labute approximate surface area is 105 Å². The Hall–Kier alpha value is -2.30. The van der Waals surface area contributed by atoms with Crippen molar-refractivity contribution >= 4 is 5.96 Å². The smallest absolute Gasteiger partial charge is 0.214 e. The molecule has 0 fully saturated rings. The van der Waals surface area contributed by atoms with E-state index in [1.54, 1.807) is 4.68 Å². The third-order valence-corrected chi connectivity index (χ3v) is 2.79. The Morgan fingerprint density at radius 3 is 2.56 bits per heavy atom. The van der Waals surface area contributed by atoms with Gasteiger partial charge in [-0.25, -0.2) is 9.67 Å². The van der Waals surface area contributed by atoms with Crippen LogP contribution >= 0.6 is 0 Å². The summed E-state index contributed by atoms with van der Waals surface area (Å²) < 4.78 is 1.72. The lowest BCUT2D eigenvalue weighted by atomic mass is 10.2. The van der Waals surface area contributed by atoms with E-state index in [1.165, 1.54) is 0 Å². The van der Waals surface area contributed by atoms with Gasteiger partial charge in [0.2, 0.25) is 0 Å². The largest absolute Gasteiger partial charge is 0.267 e. The van der Waals surface area contributed by atoms with Gasteiger partial charge < -0.3 is 0 Å². The minimum atomic E-state index is -0.245. The van der Waals surface area contributed by atoms with E-state index in [9.17, 15) is 0 Å². The highest BCUT2D eigenvalue weighted by molar-refractivity contribution is 5.83. The molecule has 0 aliphatic carbocycles. The Bertz CT molecular complexity index is 624. The van der Waals surface area contributed by atoms with Crippen molar-refractivity contribution in [3.63, 3.8) is 0 Å². The SMILES string of the molecule is Cc1cc(C)n(C2=NC(c3ccccc3)N=N2)n1. The molecule has 0 radical (unpaired) electrons. The lowest BCUT2D eigenvalue weighted by Gasteiger charge is -2.01. The summed E-state index contributed by atoms with van der Waals surface area (Å²) in [5.74, 6) is 0.550. The van der Waals surface area contributed by atoms with E-state index in [0.717, 1.165) is 17.0 Å². The van der Waals surface area contributed by atoms with Gasteiger partial charge in [-0.3, -0.25) is 0 Å². The lowest BCUT2D eigenvalue weighted by molar-refractivity contribution is 0.769.